The van der Waals surface area contributed by atoms with Crippen LogP contribution in [0, 0.1) is 5.82 Å². The highest BCUT2D eigenvalue weighted by molar-refractivity contribution is 6.04. The van der Waals surface area contributed by atoms with Gasteiger partial charge < -0.3 is 9.72 Å². The fourth-order valence-corrected chi connectivity index (χ4v) is 3.65. The van der Waals surface area contributed by atoms with E-state index in [-0.39, 0.29) is 11.4 Å². The Morgan fingerprint density at radius 2 is 1.88 bits per heavy atom. The Hall–Kier alpha value is -3.48. The van der Waals surface area contributed by atoms with Crippen molar-refractivity contribution in [3.05, 3.63) is 70.5 Å². The molecule has 0 aliphatic rings. The van der Waals surface area contributed by atoms with Gasteiger partial charge >= 0.3 is 0 Å². The number of aromatic nitrogens is 3. The van der Waals surface area contributed by atoms with Crippen molar-refractivity contribution < 1.29 is 9.13 Å². The zero-order chi connectivity index (χ0) is 22.3. The highest BCUT2D eigenvalue weighted by Crippen LogP contribution is 2.22. The maximum atomic E-state index is 13.5. The quantitative estimate of drug-likeness (QED) is 0.259. The van der Waals surface area contributed by atoms with Crippen molar-refractivity contribution in [2.75, 3.05) is 6.61 Å². The molecule has 0 radical (unpaired) electrons. The fraction of sp³-hybridized carbons (Fsp3) is 0.320. The van der Waals surface area contributed by atoms with Crippen LogP contribution in [0.1, 0.15) is 51.0 Å². The van der Waals surface area contributed by atoms with Gasteiger partial charge in [-0.2, -0.15) is 9.78 Å². The number of ether oxygens (including phenoxy) is 1. The third-order valence-corrected chi connectivity index (χ3v) is 5.43. The van der Waals surface area contributed by atoms with Gasteiger partial charge in [-0.25, -0.2) is 9.37 Å². The van der Waals surface area contributed by atoms with Crippen LogP contribution in [0.25, 0.3) is 21.9 Å². The van der Waals surface area contributed by atoms with Gasteiger partial charge in [0.05, 0.1) is 12.8 Å². The second-order valence-corrected chi connectivity index (χ2v) is 7.86. The van der Waals surface area contributed by atoms with Crippen LogP contribution < -0.4 is 10.3 Å². The molecule has 6 nitrogen and oxygen atoms in total. The normalized spacial score (nSPS) is 11.7. The van der Waals surface area contributed by atoms with Gasteiger partial charge in [-0.1, -0.05) is 39.0 Å². The van der Waals surface area contributed by atoms with Crippen LogP contribution in [-0.2, 0) is 0 Å². The van der Waals surface area contributed by atoms with Crippen LogP contribution in [0.15, 0.2) is 58.7 Å². The molecule has 0 saturated carbocycles. The van der Waals surface area contributed by atoms with E-state index in [1.807, 2.05) is 24.3 Å². The summed E-state index contributed by atoms with van der Waals surface area (Å²) in [6.45, 7) is 2.94. The first-order valence-electron chi connectivity index (χ1n) is 11.1. The summed E-state index contributed by atoms with van der Waals surface area (Å²) in [7, 11) is 0. The number of hydrogen-bond donors (Lipinski definition) is 1. The topological polar surface area (TPSA) is 72.3 Å². The van der Waals surface area contributed by atoms with Crippen molar-refractivity contribution >= 4 is 28.2 Å². The molecule has 1 N–H and O–H groups in total. The zero-order valence-corrected chi connectivity index (χ0v) is 18.2. The van der Waals surface area contributed by atoms with E-state index >= 15 is 0 Å². The summed E-state index contributed by atoms with van der Waals surface area (Å²) < 4.78 is 20.5. The van der Waals surface area contributed by atoms with Gasteiger partial charge in [-0.05, 0) is 54.4 Å². The van der Waals surface area contributed by atoms with E-state index in [4.69, 9.17) is 4.74 Å². The summed E-state index contributed by atoms with van der Waals surface area (Å²) in [5, 5.41) is 4.81. The predicted octanol–water partition coefficient (Wildman–Crippen LogP) is 5.64. The Balaban J connectivity index is 1.39. The molecule has 0 aliphatic carbocycles. The first-order chi connectivity index (χ1) is 15.7. The van der Waals surface area contributed by atoms with Crippen molar-refractivity contribution in [2.24, 2.45) is 5.10 Å². The monoisotopic (exact) mass is 434 g/mol. The molecule has 0 saturated heterocycles. The minimum Gasteiger partial charge on any atom is -0.494 e. The predicted molar refractivity (Wildman–Crippen MR) is 126 cm³/mol. The second kappa shape index (κ2) is 10.2. The Bertz CT molecular complexity index is 1280. The molecule has 2 heterocycles. The third-order valence-electron chi connectivity index (χ3n) is 5.43. The van der Waals surface area contributed by atoms with Gasteiger partial charge in [0.15, 0.2) is 0 Å². The van der Waals surface area contributed by atoms with Crippen molar-refractivity contribution in [2.45, 2.75) is 45.4 Å². The summed E-state index contributed by atoms with van der Waals surface area (Å²) in [5.41, 5.74) is 1.88. The van der Waals surface area contributed by atoms with Crippen LogP contribution in [0.3, 0.4) is 0 Å². The number of fused-ring (bicyclic) bond motifs is 3. The second-order valence-electron chi connectivity index (χ2n) is 7.86. The number of unbranched alkanes of at least 4 members (excludes halogenated alkanes) is 5. The number of H-pyrrole nitrogens is 1. The van der Waals surface area contributed by atoms with Gasteiger partial charge in [0, 0.05) is 10.9 Å². The van der Waals surface area contributed by atoms with E-state index in [0.717, 1.165) is 29.0 Å². The standard InChI is InChI=1S/C25H27FN4O2/c1-2-3-4-5-6-7-14-32-20-11-8-18(9-12-20)16-28-30-17-27-23-21-15-19(26)10-13-22(21)29-24(23)25(30)31/h8-13,15-17,29H,2-7,14H2,1H3/b28-16-. The fourth-order valence-electron chi connectivity index (χ4n) is 3.65. The van der Waals surface area contributed by atoms with Crippen molar-refractivity contribution in [3.63, 3.8) is 0 Å². The number of hydrogen-bond acceptors (Lipinski definition) is 4. The third kappa shape index (κ3) is 5.04. The molecular weight excluding hydrogens is 407 g/mol. The van der Waals surface area contributed by atoms with Crippen LogP contribution in [0.5, 0.6) is 5.75 Å². The summed E-state index contributed by atoms with van der Waals surface area (Å²) in [4.78, 5) is 20.1. The number of nitrogens with one attached hydrogen (secondary N) is 1. The van der Waals surface area contributed by atoms with Crippen molar-refractivity contribution in [3.8, 4) is 5.75 Å². The van der Waals surface area contributed by atoms with E-state index in [1.54, 1.807) is 12.3 Å². The lowest BCUT2D eigenvalue weighted by Gasteiger charge is -2.06. The molecule has 4 aromatic rings. The molecule has 7 heteroatoms. The molecule has 166 valence electrons. The summed E-state index contributed by atoms with van der Waals surface area (Å²) in [6, 6.07) is 11.9. The first kappa shape index (κ1) is 21.7. The Morgan fingerprint density at radius 1 is 1.09 bits per heavy atom. The van der Waals surface area contributed by atoms with Gasteiger partial charge in [-0.3, -0.25) is 4.79 Å². The van der Waals surface area contributed by atoms with Gasteiger partial charge in [0.2, 0.25) is 0 Å². The van der Waals surface area contributed by atoms with E-state index in [2.05, 4.69) is 22.0 Å². The lowest BCUT2D eigenvalue weighted by molar-refractivity contribution is 0.304. The van der Waals surface area contributed by atoms with E-state index < -0.39 is 0 Å². The van der Waals surface area contributed by atoms with Crippen molar-refractivity contribution in [1.82, 2.24) is 14.6 Å². The average Bonchev–Trinajstić information content (AvgIpc) is 3.17. The maximum absolute atomic E-state index is 13.5. The Kier molecular flexibility index (Phi) is 6.94. The van der Waals surface area contributed by atoms with Crippen LogP contribution in [-0.4, -0.2) is 27.5 Å². The molecule has 0 aliphatic heterocycles. The molecule has 0 spiro atoms. The molecule has 4 rings (SSSR count). The molecule has 0 amide bonds. The smallest absolute Gasteiger partial charge is 0.298 e. The SMILES string of the molecule is CCCCCCCCOc1ccc(/C=N\n2cnc3c([nH]c4ccc(F)cc43)c2=O)cc1. The molecule has 0 fully saturated rings. The highest BCUT2D eigenvalue weighted by Gasteiger charge is 2.11. The molecule has 2 aromatic carbocycles. The number of nitrogens with zero attached hydrogens (tertiary/aromatic N) is 3. The molecule has 0 bridgehead atoms. The van der Waals surface area contributed by atoms with Gasteiger partial charge in [-0.15, -0.1) is 0 Å². The first-order valence-corrected chi connectivity index (χ1v) is 11.1. The highest BCUT2D eigenvalue weighted by atomic mass is 19.1. The number of halogens is 1. The molecule has 0 unspecified atom stereocenters. The minimum absolute atomic E-state index is 0.295. The van der Waals surface area contributed by atoms with E-state index in [0.29, 0.717) is 21.9 Å². The summed E-state index contributed by atoms with van der Waals surface area (Å²) >= 11 is 0. The van der Waals surface area contributed by atoms with Crippen LogP contribution >= 0.6 is 0 Å². The Labute approximate surface area is 185 Å². The van der Waals surface area contributed by atoms with Crippen molar-refractivity contribution in [1.29, 1.82) is 0 Å². The number of benzene rings is 2. The minimum atomic E-state index is -0.373. The molecule has 0 atom stereocenters. The lowest BCUT2D eigenvalue weighted by Crippen LogP contribution is -2.17. The molecule has 2 aromatic heterocycles. The van der Waals surface area contributed by atoms with Crippen LogP contribution in [0.2, 0.25) is 0 Å². The van der Waals surface area contributed by atoms with Crippen LogP contribution in [0.4, 0.5) is 4.39 Å². The number of rotatable bonds is 10. The molecular formula is C25H27FN4O2. The largest absolute Gasteiger partial charge is 0.494 e. The van der Waals surface area contributed by atoms with E-state index in [9.17, 15) is 9.18 Å². The van der Waals surface area contributed by atoms with Gasteiger partial charge in [0.25, 0.3) is 5.56 Å². The lowest BCUT2D eigenvalue weighted by atomic mass is 10.1. The number of aromatic amines is 1. The average molecular weight is 435 g/mol. The maximum Gasteiger partial charge on any atom is 0.298 e. The Morgan fingerprint density at radius 3 is 2.69 bits per heavy atom. The summed E-state index contributed by atoms with van der Waals surface area (Å²) in [6.07, 6.45) is 10.3. The van der Waals surface area contributed by atoms with E-state index in [1.165, 1.54) is 50.6 Å². The molecule has 32 heavy (non-hydrogen) atoms. The van der Waals surface area contributed by atoms with Gasteiger partial charge in [0.1, 0.15) is 28.9 Å². The zero-order valence-electron chi connectivity index (χ0n) is 18.2. The summed E-state index contributed by atoms with van der Waals surface area (Å²) in [5.74, 6) is 0.447.